The first-order chi connectivity index (χ1) is 19.0. The van der Waals surface area contributed by atoms with Gasteiger partial charge in [-0.05, 0) is 43.7 Å². The smallest absolute Gasteiger partial charge is 0.348 e. The lowest BCUT2D eigenvalue weighted by molar-refractivity contribution is 0.0697. The topological polar surface area (TPSA) is 96.1 Å². The van der Waals surface area contributed by atoms with Crippen molar-refractivity contribution >= 4 is 44.6 Å². The first-order valence-electron chi connectivity index (χ1n) is 13.2. The summed E-state index contributed by atoms with van der Waals surface area (Å²) in [6, 6.07) is 18.3. The van der Waals surface area contributed by atoms with Crippen LogP contribution >= 0.6 is 0 Å². The number of aromatic carboxylic acids is 1. The summed E-state index contributed by atoms with van der Waals surface area (Å²) in [5, 5.41) is 12.4. The second-order valence-electron chi connectivity index (χ2n) is 9.55. The molecule has 3 aromatic carbocycles. The second kappa shape index (κ2) is 10.0. The van der Waals surface area contributed by atoms with Crippen LogP contribution in [0.4, 0.5) is 5.69 Å². The van der Waals surface area contributed by atoms with Crippen molar-refractivity contribution in [2.45, 2.75) is 13.8 Å². The summed E-state index contributed by atoms with van der Waals surface area (Å²) in [7, 11) is 0. The fourth-order valence-electron chi connectivity index (χ4n) is 5.50. The van der Waals surface area contributed by atoms with Gasteiger partial charge in [0.1, 0.15) is 29.8 Å². The van der Waals surface area contributed by atoms with Crippen LogP contribution in [-0.4, -0.2) is 50.5 Å². The Kier molecular flexibility index (Phi) is 6.40. The molecule has 1 saturated heterocycles. The Morgan fingerprint density at radius 2 is 1.64 bits per heavy atom. The molecular formula is C31H29N2O6+. The summed E-state index contributed by atoms with van der Waals surface area (Å²) in [4.78, 5) is 28.1. The maximum absolute atomic E-state index is 13.7. The van der Waals surface area contributed by atoms with Crippen LogP contribution in [-0.2, 0) is 4.74 Å². The van der Waals surface area contributed by atoms with Crippen molar-refractivity contribution in [3.8, 4) is 11.1 Å². The zero-order chi connectivity index (χ0) is 27.1. The van der Waals surface area contributed by atoms with Crippen LogP contribution in [0.5, 0.6) is 0 Å². The summed E-state index contributed by atoms with van der Waals surface area (Å²) in [5.41, 5.74) is 2.77. The lowest BCUT2D eigenvalue weighted by atomic mass is 9.93. The number of fused-ring (bicyclic) bond motifs is 4. The zero-order valence-electron chi connectivity index (χ0n) is 21.9. The highest BCUT2D eigenvalue weighted by Crippen LogP contribution is 2.40. The molecule has 1 N–H and O–H groups in total. The van der Waals surface area contributed by atoms with Gasteiger partial charge in [0.25, 0.3) is 0 Å². The number of nitrogens with zero attached hydrogens (tertiary/aromatic N) is 2. The number of carboxylic acid groups (broad SMARTS) is 1. The summed E-state index contributed by atoms with van der Waals surface area (Å²) in [6.45, 7) is 8.60. The average Bonchev–Trinajstić information content (AvgIpc) is 2.97. The van der Waals surface area contributed by atoms with Crippen LogP contribution in [0.2, 0.25) is 0 Å². The SMILES string of the molecule is CCN(CC)c1ccc2c(-c3ccccc3C(=O)O)c3c(=O)oc4cc(=[N+]5CCOCC5)ccc4c3oc2c1. The number of morpholine rings is 1. The largest absolute Gasteiger partial charge is 0.478 e. The molecule has 0 bridgehead atoms. The Morgan fingerprint density at radius 1 is 0.923 bits per heavy atom. The molecule has 8 nitrogen and oxygen atoms in total. The molecule has 5 aromatic rings. The van der Waals surface area contributed by atoms with Crippen LogP contribution in [0, 0.1) is 0 Å². The minimum atomic E-state index is -1.08. The molecule has 1 fully saturated rings. The molecule has 0 amide bonds. The molecule has 0 atom stereocenters. The number of anilines is 1. The molecule has 1 aliphatic heterocycles. The molecule has 3 heterocycles. The van der Waals surface area contributed by atoms with Crippen molar-refractivity contribution in [1.29, 1.82) is 0 Å². The molecule has 0 saturated carbocycles. The molecule has 0 radical (unpaired) electrons. The van der Waals surface area contributed by atoms with E-state index in [4.69, 9.17) is 13.6 Å². The van der Waals surface area contributed by atoms with Crippen molar-refractivity contribution in [3.63, 3.8) is 0 Å². The number of hydrogen-bond acceptors (Lipinski definition) is 6. The second-order valence-corrected chi connectivity index (χ2v) is 9.55. The average molecular weight is 526 g/mol. The van der Waals surface area contributed by atoms with Gasteiger partial charge in [-0.3, -0.25) is 0 Å². The van der Waals surface area contributed by atoms with E-state index in [0.29, 0.717) is 51.9 Å². The van der Waals surface area contributed by atoms with Crippen molar-refractivity contribution in [2.75, 3.05) is 44.3 Å². The minimum Gasteiger partial charge on any atom is -0.478 e. The Bertz CT molecular complexity index is 1870. The van der Waals surface area contributed by atoms with Crippen LogP contribution in [0.1, 0.15) is 24.2 Å². The van der Waals surface area contributed by atoms with Gasteiger partial charge in [-0.25, -0.2) is 14.2 Å². The number of ether oxygens (including phenoxy) is 1. The molecule has 198 valence electrons. The predicted molar refractivity (Wildman–Crippen MR) is 152 cm³/mol. The third kappa shape index (κ3) is 4.27. The molecule has 0 spiro atoms. The normalized spacial score (nSPS) is 13.8. The first-order valence-corrected chi connectivity index (χ1v) is 13.2. The summed E-state index contributed by atoms with van der Waals surface area (Å²) in [6.07, 6.45) is 0. The monoisotopic (exact) mass is 525 g/mol. The van der Waals surface area contributed by atoms with Gasteiger partial charge in [0, 0.05) is 41.9 Å². The summed E-state index contributed by atoms with van der Waals surface area (Å²) in [5.74, 6) is -1.08. The van der Waals surface area contributed by atoms with Gasteiger partial charge >= 0.3 is 11.6 Å². The Labute approximate surface area is 224 Å². The van der Waals surface area contributed by atoms with E-state index in [2.05, 4.69) is 23.3 Å². The van der Waals surface area contributed by atoms with Crippen LogP contribution < -0.4 is 20.5 Å². The van der Waals surface area contributed by atoms with E-state index in [9.17, 15) is 14.7 Å². The number of carbonyl (C=O) groups is 1. The third-order valence-electron chi connectivity index (χ3n) is 7.47. The molecule has 0 aliphatic carbocycles. The Balaban J connectivity index is 1.75. The quantitative estimate of drug-likeness (QED) is 0.154. The number of hydrogen-bond donors (Lipinski definition) is 1. The molecule has 0 unspecified atom stereocenters. The van der Waals surface area contributed by atoms with Crippen molar-refractivity contribution in [3.05, 3.63) is 82.0 Å². The fraction of sp³-hybridized carbons (Fsp3) is 0.258. The van der Waals surface area contributed by atoms with Crippen LogP contribution in [0.15, 0.2) is 74.3 Å². The van der Waals surface area contributed by atoms with Gasteiger partial charge in [-0.15, -0.1) is 0 Å². The van der Waals surface area contributed by atoms with Gasteiger partial charge < -0.3 is 23.6 Å². The van der Waals surface area contributed by atoms with Crippen LogP contribution in [0.25, 0.3) is 44.0 Å². The maximum atomic E-state index is 13.7. The van der Waals surface area contributed by atoms with E-state index in [1.165, 1.54) is 0 Å². The van der Waals surface area contributed by atoms with E-state index in [-0.39, 0.29) is 10.9 Å². The highest BCUT2D eigenvalue weighted by Gasteiger charge is 2.23. The standard InChI is InChI=1S/C31H28N2O6/c1-3-32(4-2)19-9-11-23-25(17-19)38-29-24-12-10-20(33-13-15-37-16-14-33)18-26(24)39-31(36)28(29)27(23)21-7-5-6-8-22(21)30(34)35/h5-12,17-18H,3-4,13-16H2,1-2H3/p+1. The lowest BCUT2D eigenvalue weighted by Crippen LogP contribution is -2.39. The molecule has 6 rings (SSSR count). The van der Waals surface area contributed by atoms with E-state index in [1.54, 1.807) is 24.3 Å². The van der Waals surface area contributed by atoms with E-state index in [1.807, 2.05) is 36.4 Å². The van der Waals surface area contributed by atoms with Gasteiger partial charge in [-0.2, -0.15) is 0 Å². The fourth-order valence-corrected chi connectivity index (χ4v) is 5.50. The first kappa shape index (κ1) is 24.9. The van der Waals surface area contributed by atoms with Crippen molar-refractivity contribution < 1.29 is 23.5 Å². The van der Waals surface area contributed by atoms with Crippen LogP contribution in [0.3, 0.4) is 0 Å². The maximum Gasteiger partial charge on any atom is 0.348 e. The highest BCUT2D eigenvalue weighted by molar-refractivity contribution is 6.16. The van der Waals surface area contributed by atoms with Gasteiger partial charge in [-0.1, -0.05) is 18.2 Å². The molecule has 1 aliphatic rings. The highest BCUT2D eigenvalue weighted by atomic mass is 16.5. The molecule has 2 aromatic heterocycles. The minimum absolute atomic E-state index is 0.0984. The van der Waals surface area contributed by atoms with E-state index < -0.39 is 11.6 Å². The number of carboxylic acids is 1. The summed E-state index contributed by atoms with van der Waals surface area (Å²) >= 11 is 0. The Hall–Kier alpha value is -4.43. The number of benzene rings is 3. The van der Waals surface area contributed by atoms with Gasteiger partial charge in [0.2, 0.25) is 5.36 Å². The zero-order valence-corrected chi connectivity index (χ0v) is 21.9. The lowest BCUT2D eigenvalue weighted by Gasteiger charge is -2.22. The Morgan fingerprint density at radius 3 is 2.38 bits per heavy atom. The molecule has 8 heteroatoms. The predicted octanol–water partition coefficient (Wildman–Crippen LogP) is 4.71. The molecule has 39 heavy (non-hydrogen) atoms. The van der Waals surface area contributed by atoms with Gasteiger partial charge in [0.15, 0.2) is 18.7 Å². The summed E-state index contributed by atoms with van der Waals surface area (Å²) < 4.78 is 20.1. The van der Waals surface area contributed by atoms with Crippen molar-refractivity contribution in [1.82, 2.24) is 4.58 Å². The number of rotatable bonds is 5. The van der Waals surface area contributed by atoms with Gasteiger partial charge in [0.05, 0.1) is 17.0 Å². The molecular weight excluding hydrogens is 496 g/mol. The van der Waals surface area contributed by atoms with Crippen molar-refractivity contribution in [2.24, 2.45) is 0 Å². The van der Waals surface area contributed by atoms with E-state index >= 15 is 0 Å². The van der Waals surface area contributed by atoms with E-state index in [0.717, 1.165) is 37.2 Å². The third-order valence-corrected chi connectivity index (χ3v) is 7.47.